The largest absolute Gasteiger partial charge is 0.498 e. The van der Waals surface area contributed by atoms with Crippen molar-refractivity contribution in [1.29, 1.82) is 0 Å². The van der Waals surface area contributed by atoms with Crippen LogP contribution in [0.4, 0.5) is 0 Å². The zero-order chi connectivity index (χ0) is 12.6. The van der Waals surface area contributed by atoms with E-state index in [1.807, 2.05) is 20.4 Å². The molecule has 0 aromatic carbocycles. The lowest BCUT2D eigenvalue weighted by molar-refractivity contribution is -0.0265. The van der Waals surface area contributed by atoms with E-state index in [1.165, 1.54) is 0 Å². The predicted molar refractivity (Wildman–Crippen MR) is 68.3 cm³/mol. The topological polar surface area (TPSA) is 30.9 Å². The Hall–Kier alpha value is 0.0569. The first-order chi connectivity index (χ1) is 7.52. The first-order valence-electron chi connectivity index (χ1n) is 6.22. The average molecular weight is 249 g/mol. The van der Waals surface area contributed by atoms with Crippen LogP contribution in [0.15, 0.2) is 0 Å². The van der Waals surface area contributed by atoms with E-state index in [-0.39, 0.29) is 6.23 Å². The minimum Gasteiger partial charge on any atom is -0.374 e. The Kier molecular flexibility index (Phi) is 8.22. The molecule has 0 rings (SSSR count). The van der Waals surface area contributed by atoms with Crippen LogP contribution < -0.4 is 0 Å². The molecule has 0 aliphatic carbocycles. The lowest BCUT2D eigenvalue weighted by Crippen LogP contribution is -2.49. The maximum atomic E-state index is 5.98. The molecule has 98 valence electrons. The first-order valence-corrected chi connectivity index (χ1v) is 8.45. The average Bonchev–Trinajstić information content (AvgIpc) is 2.19. The van der Waals surface area contributed by atoms with Crippen molar-refractivity contribution in [3.8, 4) is 0 Å². The smallest absolute Gasteiger partial charge is 0.374 e. The van der Waals surface area contributed by atoms with E-state index in [0.717, 1.165) is 13.1 Å². The molecule has 4 nitrogen and oxygen atoms in total. The lowest BCUT2D eigenvalue weighted by Gasteiger charge is -2.33. The van der Waals surface area contributed by atoms with Gasteiger partial charge < -0.3 is 13.3 Å². The molecule has 0 aliphatic heterocycles. The fraction of sp³-hybridized carbons (Fsp3) is 1.00. The van der Waals surface area contributed by atoms with Crippen LogP contribution >= 0.6 is 0 Å². The van der Waals surface area contributed by atoms with Crippen LogP contribution in [0, 0.1) is 0 Å². The molecule has 0 amide bonds. The lowest BCUT2D eigenvalue weighted by atomic mass is 10.5. The van der Waals surface area contributed by atoms with Crippen molar-refractivity contribution in [2.45, 2.75) is 47.4 Å². The molecule has 0 spiro atoms. The Morgan fingerprint density at radius 3 is 1.75 bits per heavy atom. The van der Waals surface area contributed by atoms with Crippen LogP contribution in [-0.4, -0.2) is 46.2 Å². The van der Waals surface area contributed by atoms with E-state index in [2.05, 4.69) is 25.7 Å². The number of hydrogen-bond acceptors (Lipinski definition) is 4. The molecule has 0 bridgehead atoms. The number of rotatable bonds is 9. The van der Waals surface area contributed by atoms with Gasteiger partial charge in [-0.15, -0.1) is 0 Å². The van der Waals surface area contributed by atoms with Gasteiger partial charge in [-0.3, -0.25) is 4.90 Å². The highest BCUT2D eigenvalue weighted by Gasteiger charge is 2.36. The zero-order valence-electron chi connectivity index (χ0n) is 11.6. The van der Waals surface area contributed by atoms with E-state index in [4.69, 9.17) is 13.3 Å². The molecular weight excluding hydrogens is 222 g/mol. The molecular formula is C11H27NO3Si. The minimum atomic E-state index is -2.45. The van der Waals surface area contributed by atoms with Crippen LogP contribution in [0.3, 0.4) is 0 Å². The van der Waals surface area contributed by atoms with E-state index in [9.17, 15) is 0 Å². The van der Waals surface area contributed by atoms with Crippen LogP contribution in [0.25, 0.3) is 0 Å². The number of nitrogens with zero attached hydrogens (tertiary/aromatic N) is 1. The molecule has 5 heteroatoms. The Labute approximate surface area is 101 Å². The van der Waals surface area contributed by atoms with Crippen LogP contribution in [0.2, 0.25) is 6.55 Å². The van der Waals surface area contributed by atoms with Crippen molar-refractivity contribution >= 4 is 8.80 Å². The van der Waals surface area contributed by atoms with Crippen LogP contribution in [-0.2, 0) is 13.3 Å². The Morgan fingerprint density at radius 1 is 1.00 bits per heavy atom. The van der Waals surface area contributed by atoms with Gasteiger partial charge in [0.15, 0.2) is 0 Å². The van der Waals surface area contributed by atoms with Crippen molar-refractivity contribution in [3.63, 3.8) is 0 Å². The van der Waals surface area contributed by atoms with Crippen molar-refractivity contribution in [2.24, 2.45) is 0 Å². The quantitative estimate of drug-likeness (QED) is 0.463. The van der Waals surface area contributed by atoms with Crippen LogP contribution in [0.5, 0.6) is 0 Å². The SMILES string of the molecule is CCO[Si](C)(OCC)OC(C)N(CC)CC. The molecule has 1 atom stereocenters. The van der Waals surface area contributed by atoms with Crippen molar-refractivity contribution in [2.75, 3.05) is 26.3 Å². The van der Waals surface area contributed by atoms with Gasteiger partial charge in [-0.2, -0.15) is 0 Å². The maximum Gasteiger partial charge on any atom is 0.498 e. The first kappa shape index (κ1) is 16.1. The van der Waals surface area contributed by atoms with Gasteiger partial charge in [0, 0.05) is 19.8 Å². The summed E-state index contributed by atoms with van der Waals surface area (Å²) in [5.74, 6) is 0. The Morgan fingerprint density at radius 2 is 1.44 bits per heavy atom. The van der Waals surface area contributed by atoms with Gasteiger partial charge >= 0.3 is 8.80 Å². The summed E-state index contributed by atoms with van der Waals surface area (Å²) >= 11 is 0. The van der Waals surface area contributed by atoms with Crippen LogP contribution in [0.1, 0.15) is 34.6 Å². The molecule has 0 aromatic rings. The van der Waals surface area contributed by atoms with Gasteiger partial charge in [-0.25, -0.2) is 0 Å². The highest BCUT2D eigenvalue weighted by Crippen LogP contribution is 2.14. The molecule has 0 aromatic heterocycles. The Balaban J connectivity index is 4.36. The van der Waals surface area contributed by atoms with Gasteiger partial charge in [0.25, 0.3) is 0 Å². The summed E-state index contributed by atoms with van der Waals surface area (Å²) in [4.78, 5) is 2.24. The third-order valence-corrected chi connectivity index (χ3v) is 4.92. The fourth-order valence-electron chi connectivity index (χ4n) is 1.76. The molecule has 0 N–H and O–H groups in total. The fourth-order valence-corrected chi connectivity index (χ4v) is 3.79. The molecule has 0 saturated carbocycles. The highest BCUT2D eigenvalue weighted by molar-refractivity contribution is 6.59. The molecule has 0 heterocycles. The molecule has 16 heavy (non-hydrogen) atoms. The molecule has 0 fully saturated rings. The highest BCUT2D eigenvalue weighted by atomic mass is 28.4. The van der Waals surface area contributed by atoms with Gasteiger partial charge in [-0.05, 0) is 33.9 Å². The van der Waals surface area contributed by atoms with Gasteiger partial charge in [0.1, 0.15) is 6.23 Å². The summed E-state index contributed by atoms with van der Waals surface area (Å²) in [5.41, 5.74) is 0. The van der Waals surface area contributed by atoms with E-state index in [1.54, 1.807) is 0 Å². The summed E-state index contributed by atoms with van der Waals surface area (Å²) in [6.07, 6.45) is 0.0461. The second kappa shape index (κ2) is 8.19. The standard InChI is InChI=1S/C11H27NO3Si/c1-7-12(8-2)11(5)15-16(6,13-9-3)14-10-4/h11H,7-10H2,1-6H3. The Bertz CT molecular complexity index is 171. The minimum absolute atomic E-state index is 0.0461. The normalized spacial score (nSPS) is 14.4. The molecule has 1 unspecified atom stereocenters. The van der Waals surface area contributed by atoms with Crippen molar-refractivity contribution in [1.82, 2.24) is 4.90 Å². The summed E-state index contributed by atoms with van der Waals surface area (Å²) in [6.45, 7) is 15.4. The summed E-state index contributed by atoms with van der Waals surface area (Å²) in [7, 11) is -2.45. The van der Waals surface area contributed by atoms with E-state index >= 15 is 0 Å². The van der Waals surface area contributed by atoms with E-state index in [0.29, 0.717) is 13.2 Å². The van der Waals surface area contributed by atoms with Crippen molar-refractivity contribution < 1.29 is 13.3 Å². The van der Waals surface area contributed by atoms with E-state index < -0.39 is 8.80 Å². The number of hydrogen-bond donors (Lipinski definition) is 0. The van der Waals surface area contributed by atoms with Gasteiger partial charge in [0.05, 0.1) is 0 Å². The third-order valence-electron chi connectivity index (χ3n) is 2.52. The van der Waals surface area contributed by atoms with Gasteiger partial charge in [-0.1, -0.05) is 13.8 Å². The predicted octanol–water partition coefficient (Wildman–Crippen LogP) is 2.33. The summed E-state index contributed by atoms with van der Waals surface area (Å²) < 4.78 is 17.3. The molecule has 0 saturated heterocycles. The maximum absolute atomic E-state index is 5.98. The van der Waals surface area contributed by atoms with Gasteiger partial charge in [0.2, 0.25) is 0 Å². The van der Waals surface area contributed by atoms with Crippen molar-refractivity contribution in [3.05, 3.63) is 0 Å². The third kappa shape index (κ3) is 5.40. The summed E-state index contributed by atoms with van der Waals surface area (Å²) in [5, 5.41) is 0. The molecule has 0 radical (unpaired) electrons. The monoisotopic (exact) mass is 249 g/mol. The second-order valence-electron chi connectivity index (χ2n) is 3.67. The molecule has 0 aliphatic rings. The summed E-state index contributed by atoms with van der Waals surface area (Å²) in [6, 6.07) is 0. The zero-order valence-corrected chi connectivity index (χ0v) is 12.6. The second-order valence-corrected chi connectivity index (χ2v) is 6.20.